The third-order valence-corrected chi connectivity index (χ3v) is 4.39. The van der Waals surface area contributed by atoms with Gasteiger partial charge < -0.3 is 0 Å². The molecule has 6 heteroatoms. The summed E-state index contributed by atoms with van der Waals surface area (Å²) >= 11 is 0. The minimum atomic E-state index is -3.38. The van der Waals surface area contributed by atoms with Crippen molar-refractivity contribution in [2.45, 2.75) is 11.8 Å². The lowest BCUT2D eigenvalue weighted by atomic mass is 9.98. The summed E-state index contributed by atoms with van der Waals surface area (Å²) in [7, 11) is -3.38. The second-order valence-corrected chi connectivity index (χ2v) is 6.88. The van der Waals surface area contributed by atoms with Crippen LogP contribution in [0, 0.1) is 12.7 Å². The number of hydrogen-bond acceptors (Lipinski definition) is 4. The molecule has 2 aromatic rings. The lowest BCUT2D eigenvalue weighted by Gasteiger charge is -2.06. The molecule has 22 heavy (non-hydrogen) atoms. The van der Waals surface area contributed by atoms with Gasteiger partial charge in [0, 0.05) is 17.4 Å². The average Bonchev–Trinajstić information content (AvgIpc) is 2.48. The van der Waals surface area contributed by atoms with E-state index in [2.05, 4.69) is 0 Å². The Kier molecular flexibility index (Phi) is 4.23. The van der Waals surface area contributed by atoms with Gasteiger partial charge in [0.1, 0.15) is 5.82 Å². The molecule has 2 rings (SSSR count). The molecule has 0 amide bonds. The Labute approximate surface area is 127 Å². The van der Waals surface area contributed by atoms with E-state index in [0.29, 0.717) is 0 Å². The van der Waals surface area contributed by atoms with Gasteiger partial charge in [-0.1, -0.05) is 12.1 Å². The average molecular weight is 320 g/mol. The number of ketones is 2. The molecule has 0 unspecified atom stereocenters. The van der Waals surface area contributed by atoms with Crippen molar-refractivity contribution in [3.63, 3.8) is 0 Å². The highest BCUT2D eigenvalue weighted by atomic mass is 32.2. The van der Waals surface area contributed by atoms with Crippen LogP contribution in [-0.2, 0) is 9.84 Å². The standard InChI is InChI=1S/C16H13FO4S/c1-10-13(4-3-5-14(10)17)16(19)15(18)11-6-8-12(9-7-11)22(2,20)21/h3-9H,1-2H3. The van der Waals surface area contributed by atoms with Crippen molar-refractivity contribution in [2.24, 2.45) is 0 Å². The van der Waals surface area contributed by atoms with Crippen LogP contribution in [0.5, 0.6) is 0 Å². The Bertz CT molecular complexity index is 852. The molecular weight excluding hydrogens is 307 g/mol. The minimum absolute atomic E-state index is 0.00260. The van der Waals surface area contributed by atoms with Gasteiger partial charge in [0.05, 0.1) is 4.90 Å². The molecule has 0 atom stereocenters. The highest BCUT2D eigenvalue weighted by Gasteiger charge is 2.21. The van der Waals surface area contributed by atoms with E-state index in [9.17, 15) is 22.4 Å². The van der Waals surface area contributed by atoms with Crippen molar-refractivity contribution < 1.29 is 22.4 Å². The van der Waals surface area contributed by atoms with Crippen molar-refractivity contribution >= 4 is 21.4 Å². The molecule has 2 aromatic carbocycles. The molecule has 0 saturated heterocycles. The molecule has 0 aliphatic carbocycles. The van der Waals surface area contributed by atoms with E-state index in [1.807, 2.05) is 0 Å². The summed E-state index contributed by atoms with van der Waals surface area (Å²) in [6.45, 7) is 1.42. The summed E-state index contributed by atoms with van der Waals surface area (Å²) in [5.74, 6) is -2.20. The number of sulfone groups is 1. The second-order valence-electron chi connectivity index (χ2n) is 4.87. The summed E-state index contributed by atoms with van der Waals surface area (Å²) in [6.07, 6.45) is 1.05. The number of halogens is 1. The summed E-state index contributed by atoms with van der Waals surface area (Å²) in [5, 5.41) is 0. The maximum absolute atomic E-state index is 13.5. The van der Waals surface area contributed by atoms with E-state index in [0.717, 1.165) is 6.26 Å². The van der Waals surface area contributed by atoms with E-state index in [-0.39, 0.29) is 21.6 Å². The molecule has 0 radical (unpaired) electrons. The maximum Gasteiger partial charge on any atom is 0.233 e. The highest BCUT2D eigenvalue weighted by Crippen LogP contribution is 2.16. The van der Waals surface area contributed by atoms with Gasteiger partial charge in [-0.25, -0.2) is 12.8 Å². The quantitative estimate of drug-likeness (QED) is 0.641. The number of benzene rings is 2. The van der Waals surface area contributed by atoms with E-state index in [4.69, 9.17) is 0 Å². The SMILES string of the molecule is Cc1c(F)cccc1C(=O)C(=O)c1ccc(S(C)(=O)=O)cc1. The first-order valence-corrected chi connectivity index (χ1v) is 8.25. The van der Waals surface area contributed by atoms with Crippen LogP contribution in [0.15, 0.2) is 47.4 Å². The topological polar surface area (TPSA) is 68.3 Å². The predicted octanol–water partition coefficient (Wildman–Crippen LogP) is 2.60. The van der Waals surface area contributed by atoms with Crippen LogP contribution < -0.4 is 0 Å². The molecule has 0 saturated carbocycles. The molecule has 0 aliphatic heterocycles. The molecular formula is C16H13FO4S. The number of carbonyl (C=O) groups is 2. The van der Waals surface area contributed by atoms with Crippen molar-refractivity contribution in [1.29, 1.82) is 0 Å². The maximum atomic E-state index is 13.5. The van der Waals surface area contributed by atoms with Gasteiger partial charge in [0.2, 0.25) is 11.6 Å². The molecule has 0 aromatic heterocycles. The van der Waals surface area contributed by atoms with Gasteiger partial charge in [0.15, 0.2) is 9.84 Å². The fourth-order valence-electron chi connectivity index (χ4n) is 1.96. The molecule has 4 nitrogen and oxygen atoms in total. The molecule has 0 heterocycles. The van der Waals surface area contributed by atoms with Crippen LogP contribution in [0.25, 0.3) is 0 Å². The van der Waals surface area contributed by atoms with Crippen LogP contribution in [0.4, 0.5) is 4.39 Å². The molecule has 0 aliphatic rings. The van der Waals surface area contributed by atoms with Crippen LogP contribution in [-0.4, -0.2) is 26.2 Å². The lowest BCUT2D eigenvalue weighted by molar-refractivity contribution is 0.0816. The summed E-state index contributed by atoms with van der Waals surface area (Å²) in [5.41, 5.74) is 0.159. The Morgan fingerprint density at radius 1 is 0.955 bits per heavy atom. The summed E-state index contributed by atoms with van der Waals surface area (Å²) < 4.78 is 36.2. The Balaban J connectivity index is 2.36. The fraction of sp³-hybridized carbons (Fsp3) is 0.125. The van der Waals surface area contributed by atoms with E-state index in [1.165, 1.54) is 49.4 Å². The normalized spacial score (nSPS) is 11.2. The second kappa shape index (κ2) is 5.81. The Morgan fingerprint density at radius 3 is 2.09 bits per heavy atom. The van der Waals surface area contributed by atoms with Crippen molar-refractivity contribution in [3.05, 3.63) is 65.0 Å². The first-order valence-electron chi connectivity index (χ1n) is 6.36. The predicted molar refractivity (Wildman–Crippen MR) is 79.3 cm³/mol. The fourth-order valence-corrected chi connectivity index (χ4v) is 2.59. The highest BCUT2D eigenvalue weighted by molar-refractivity contribution is 7.90. The van der Waals surface area contributed by atoms with Crippen LogP contribution in [0.2, 0.25) is 0 Å². The Morgan fingerprint density at radius 2 is 1.55 bits per heavy atom. The number of Topliss-reactive ketones (excluding diaryl/α,β-unsaturated/α-hetero) is 2. The van der Waals surface area contributed by atoms with Gasteiger partial charge in [0.25, 0.3) is 0 Å². The van der Waals surface area contributed by atoms with E-state index >= 15 is 0 Å². The van der Waals surface area contributed by atoms with Gasteiger partial charge in [-0.2, -0.15) is 0 Å². The zero-order chi connectivity index (χ0) is 16.5. The third-order valence-electron chi connectivity index (χ3n) is 3.26. The summed E-state index contributed by atoms with van der Waals surface area (Å²) in [6, 6.07) is 9.00. The van der Waals surface area contributed by atoms with Crippen molar-refractivity contribution in [1.82, 2.24) is 0 Å². The lowest BCUT2D eigenvalue weighted by Crippen LogP contribution is -2.16. The van der Waals surface area contributed by atoms with E-state index < -0.39 is 27.2 Å². The van der Waals surface area contributed by atoms with Gasteiger partial charge in [-0.3, -0.25) is 9.59 Å². The molecule has 0 N–H and O–H groups in total. The molecule has 114 valence electrons. The third kappa shape index (κ3) is 3.12. The van der Waals surface area contributed by atoms with Crippen LogP contribution in [0.3, 0.4) is 0 Å². The number of hydrogen-bond donors (Lipinski definition) is 0. The summed E-state index contributed by atoms with van der Waals surface area (Å²) in [4.78, 5) is 24.4. The van der Waals surface area contributed by atoms with Gasteiger partial charge in [-0.05, 0) is 42.8 Å². The molecule has 0 fully saturated rings. The van der Waals surface area contributed by atoms with Crippen molar-refractivity contribution in [3.8, 4) is 0 Å². The zero-order valence-corrected chi connectivity index (χ0v) is 12.8. The van der Waals surface area contributed by atoms with Crippen molar-refractivity contribution in [2.75, 3.05) is 6.26 Å². The van der Waals surface area contributed by atoms with Gasteiger partial charge in [-0.15, -0.1) is 0 Å². The largest absolute Gasteiger partial charge is 0.285 e. The van der Waals surface area contributed by atoms with Gasteiger partial charge >= 0.3 is 0 Å². The smallest absolute Gasteiger partial charge is 0.233 e. The Hall–Kier alpha value is -2.34. The number of carbonyl (C=O) groups excluding carboxylic acids is 2. The minimum Gasteiger partial charge on any atom is -0.285 e. The zero-order valence-electron chi connectivity index (χ0n) is 12.0. The first-order chi connectivity index (χ1) is 10.2. The first kappa shape index (κ1) is 16.0. The van der Waals surface area contributed by atoms with E-state index in [1.54, 1.807) is 0 Å². The number of rotatable bonds is 4. The molecule has 0 bridgehead atoms. The monoisotopic (exact) mass is 320 g/mol. The van der Waals surface area contributed by atoms with Crippen LogP contribution >= 0.6 is 0 Å². The molecule has 0 spiro atoms. The van der Waals surface area contributed by atoms with Crippen LogP contribution in [0.1, 0.15) is 26.3 Å².